The summed E-state index contributed by atoms with van der Waals surface area (Å²) in [6.45, 7) is 0.626. The molecule has 1 aliphatic rings. The summed E-state index contributed by atoms with van der Waals surface area (Å²) in [6, 6.07) is 3.81. The average molecular weight is 261 g/mol. The van der Waals surface area contributed by atoms with E-state index < -0.39 is 17.2 Å². The first-order chi connectivity index (χ1) is 9.06. The van der Waals surface area contributed by atoms with Crippen LogP contribution in [0.15, 0.2) is 29.2 Å². The Morgan fingerprint density at radius 2 is 2.16 bits per heavy atom. The fraction of sp³-hybridized carbons (Fsp3) is 0.286. The molecule has 0 saturated heterocycles. The maximum absolute atomic E-state index is 13.3. The summed E-state index contributed by atoms with van der Waals surface area (Å²) in [5, 5.41) is 9.32. The van der Waals surface area contributed by atoms with E-state index in [0.717, 1.165) is 12.8 Å². The molecule has 1 saturated carbocycles. The smallest absolute Gasteiger partial charge is 0.341 e. The number of aromatic nitrogens is 1. The van der Waals surface area contributed by atoms with Crippen molar-refractivity contribution in [1.82, 2.24) is 4.57 Å². The third kappa shape index (κ3) is 2.12. The van der Waals surface area contributed by atoms with Crippen LogP contribution in [0.1, 0.15) is 23.2 Å². The number of hydrogen-bond acceptors (Lipinski definition) is 2. The molecule has 3 rings (SSSR count). The molecule has 0 radical (unpaired) electrons. The number of benzene rings is 1. The van der Waals surface area contributed by atoms with Crippen LogP contribution < -0.4 is 5.43 Å². The zero-order chi connectivity index (χ0) is 13.6. The molecule has 0 bridgehead atoms. The lowest BCUT2D eigenvalue weighted by atomic mass is 10.1. The number of carboxylic acids is 1. The van der Waals surface area contributed by atoms with Crippen LogP contribution in [0.4, 0.5) is 4.39 Å². The zero-order valence-electron chi connectivity index (χ0n) is 10.1. The van der Waals surface area contributed by atoms with Crippen LogP contribution in [0.2, 0.25) is 0 Å². The molecule has 4 nitrogen and oxygen atoms in total. The van der Waals surface area contributed by atoms with Gasteiger partial charge in [-0.25, -0.2) is 9.18 Å². The number of nitrogens with zero attached hydrogens (tertiary/aromatic N) is 1. The maximum atomic E-state index is 13.3. The van der Waals surface area contributed by atoms with Crippen molar-refractivity contribution in [2.24, 2.45) is 5.92 Å². The van der Waals surface area contributed by atoms with Crippen LogP contribution in [-0.4, -0.2) is 15.6 Å². The minimum atomic E-state index is -1.25. The Balaban J connectivity index is 2.30. The number of carbonyl (C=O) groups is 1. The Labute approximate surface area is 108 Å². The third-order valence-corrected chi connectivity index (χ3v) is 3.43. The van der Waals surface area contributed by atoms with Gasteiger partial charge in [-0.05, 0) is 37.0 Å². The van der Waals surface area contributed by atoms with Crippen molar-refractivity contribution in [3.63, 3.8) is 0 Å². The quantitative estimate of drug-likeness (QED) is 0.921. The third-order valence-electron chi connectivity index (χ3n) is 3.43. The van der Waals surface area contributed by atoms with Crippen LogP contribution in [0.3, 0.4) is 0 Å². The Hall–Kier alpha value is -2.17. The first-order valence-corrected chi connectivity index (χ1v) is 6.12. The van der Waals surface area contributed by atoms with Crippen molar-refractivity contribution in [3.05, 3.63) is 46.0 Å². The Kier molecular flexibility index (Phi) is 2.62. The lowest BCUT2D eigenvalue weighted by molar-refractivity contribution is 0.0695. The van der Waals surface area contributed by atoms with Crippen molar-refractivity contribution < 1.29 is 14.3 Å². The van der Waals surface area contributed by atoms with E-state index in [9.17, 15) is 14.0 Å². The van der Waals surface area contributed by atoms with Crippen molar-refractivity contribution >= 4 is 16.9 Å². The summed E-state index contributed by atoms with van der Waals surface area (Å²) in [4.78, 5) is 23.1. The molecule has 0 aliphatic heterocycles. The van der Waals surface area contributed by atoms with Gasteiger partial charge in [0.2, 0.25) is 5.43 Å². The largest absolute Gasteiger partial charge is 0.477 e. The molecule has 0 atom stereocenters. The van der Waals surface area contributed by atoms with Crippen LogP contribution in [0.5, 0.6) is 0 Å². The molecular weight excluding hydrogens is 249 g/mol. The van der Waals surface area contributed by atoms with E-state index in [4.69, 9.17) is 5.11 Å². The van der Waals surface area contributed by atoms with Gasteiger partial charge in [-0.3, -0.25) is 4.79 Å². The number of rotatable bonds is 3. The van der Waals surface area contributed by atoms with Gasteiger partial charge in [0.05, 0.1) is 5.52 Å². The lowest BCUT2D eigenvalue weighted by Crippen LogP contribution is -2.19. The van der Waals surface area contributed by atoms with Gasteiger partial charge in [0.1, 0.15) is 11.4 Å². The van der Waals surface area contributed by atoms with Gasteiger partial charge < -0.3 is 9.67 Å². The topological polar surface area (TPSA) is 59.3 Å². The van der Waals surface area contributed by atoms with Crippen LogP contribution in [0, 0.1) is 11.7 Å². The highest BCUT2D eigenvalue weighted by Gasteiger charge is 2.23. The number of hydrogen-bond donors (Lipinski definition) is 1. The van der Waals surface area contributed by atoms with Crippen LogP contribution in [-0.2, 0) is 6.54 Å². The van der Waals surface area contributed by atoms with Crippen molar-refractivity contribution in [1.29, 1.82) is 0 Å². The molecule has 5 heteroatoms. The predicted octanol–water partition coefficient (Wildman–Crippen LogP) is 2.25. The summed E-state index contributed by atoms with van der Waals surface area (Å²) < 4.78 is 15.0. The SMILES string of the molecule is O=C(O)c1cn(CC2CC2)c2cc(F)ccc2c1=O. The molecule has 2 aromatic rings. The van der Waals surface area contributed by atoms with Crippen molar-refractivity contribution in [2.45, 2.75) is 19.4 Å². The molecule has 1 heterocycles. The van der Waals surface area contributed by atoms with Gasteiger partial charge in [0, 0.05) is 18.1 Å². The van der Waals surface area contributed by atoms with Crippen molar-refractivity contribution in [2.75, 3.05) is 0 Å². The Bertz CT molecular complexity index is 731. The van der Waals surface area contributed by atoms with Gasteiger partial charge >= 0.3 is 5.97 Å². The van der Waals surface area contributed by atoms with Gasteiger partial charge in [0.15, 0.2) is 0 Å². The molecule has 1 aliphatic carbocycles. The molecule has 1 fully saturated rings. The van der Waals surface area contributed by atoms with E-state index in [1.54, 1.807) is 4.57 Å². The van der Waals surface area contributed by atoms with E-state index in [-0.39, 0.29) is 10.9 Å². The average Bonchev–Trinajstić information content (AvgIpc) is 3.16. The van der Waals surface area contributed by atoms with Gasteiger partial charge in [0.25, 0.3) is 0 Å². The molecule has 0 unspecified atom stereocenters. The van der Waals surface area contributed by atoms with E-state index in [2.05, 4.69) is 0 Å². The Morgan fingerprint density at radius 3 is 2.79 bits per heavy atom. The molecule has 0 spiro atoms. The number of fused-ring (bicyclic) bond motifs is 1. The number of halogens is 1. The standard InChI is InChI=1S/C14H12FNO3/c15-9-3-4-10-12(5-9)16(6-8-1-2-8)7-11(13(10)17)14(18)19/h3-5,7-8H,1-2,6H2,(H,18,19). The first kappa shape index (κ1) is 11.9. The maximum Gasteiger partial charge on any atom is 0.341 e. The molecule has 98 valence electrons. The molecule has 0 amide bonds. The minimum Gasteiger partial charge on any atom is -0.477 e. The second-order valence-electron chi connectivity index (χ2n) is 4.93. The van der Waals surface area contributed by atoms with E-state index in [1.165, 1.54) is 24.4 Å². The predicted molar refractivity (Wildman–Crippen MR) is 67.8 cm³/mol. The van der Waals surface area contributed by atoms with Crippen LogP contribution >= 0.6 is 0 Å². The van der Waals surface area contributed by atoms with Crippen molar-refractivity contribution in [3.8, 4) is 0 Å². The summed E-state index contributed by atoms with van der Waals surface area (Å²) in [7, 11) is 0. The summed E-state index contributed by atoms with van der Waals surface area (Å²) >= 11 is 0. The molecule has 1 N–H and O–H groups in total. The Morgan fingerprint density at radius 1 is 1.42 bits per heavy atom. The highest BCUT2D eigenvalue weighted by atomic mass is 19.1. The fourth-order valence-electron chi connectivity index (χ4n) is 2.25. The molecule has 19 heavy (non-hydrogen) atoms. The highest BCUT2D eigenvalue weighted by molar-refractivity contribution is 5.92. The number of aromatic carboxylic acids is 1. The summed E-state index contributed by atoms with van der Waals surface area (Å²) in [5.41, 5.74) is -0.365. The van der Waals surface area contributed by atoms with E-state index >= 15 is 0 Å². The van der Waals surface area contributed by atoms with Gasteiger partial charge in [-0.2, -0.15) is 0 Å². The summed E-state index contributed by atoms with van der Waals surface area (Å²) in [6.07, 6.45) is 3.50. The molecule has 1 aromatic heterocycles. The molecular formula is C14H12FNO3. The summed E-state index contributed by atoms with van der Waals surface area (Å²) in [5.74, 6) is -1.18. The van der Waals surface area contributed by atoms with E-state index in [1.807, 2.05) is 0 Å². The molecule has 1 aromatic carbocycles. The van der Waals surface area contributed by atoms with Gasteiger partial charge in [-0.15, -0.1) is 0 Å². The second-order valence-corrected chi connectivity index (χ2v) is 4.93. The van der Waals surface area contributed by atoms with E-state index in [0.29, 0.717) is 18.0 Å². The number of carboxylic acid groups (broad SMARTS) is 1. The van der Waals surface area contributed by atoms with Gasteiger partial charge in [-0.1, -0.05) is 0 Å². The number of pyridine rings is 1. The minimum absolute atomic E-state index is 0.252. The second kappa shape index (κ2) is 4.19. The monoisotopic (exact) mass is 261 g/mol. The highest BCUT2D eigenvalue weighted by Crippen LogP contribution is 2.31. The fourth-order valence-corrected chi connectivity index (χ4v) is 2.25. The van der Waals surface area contributed by atoms with Crippen LogP contribution in [0.25, 0.3) is 10.9 Å². The zero-order valence-corrected chi connectivity index (χ0v) is 10.1. The lowest BCUT2D eigenvalue weighted by Gasteiger charge is -2.11. The normalized spacial score (nSPS) is 14.8. The first-order valence-electron chi connectivity index (χ1n) is 6.12.